The summed E-state index contributed by atoms with van der Waals surface area (Å²) >= 11 is 0. The SMILES string of the molecule is Cc1ccc(S(=O)(=O)OC[C@@H]2COC(N)=N2)cc1. The van der Waals surface area contributed by atoms with Crippen molar-refractivity contribution in [3.05, 3.63) is 29.8 Å². The third-order valence-electron chi connectivity index (χ3n) is 2.46. The number of benzene rings is 1. The molecule has 0 fully saturated rings. The zero-order valence-electron chi connectivity index (χ0n) is 9.87. The standard InChI is InChI=1S/C11H14N2O4S/c1-8-2-4-10(5-3-8)18(14,15)17-7-9-6-16-11(12)13-9/h2-5,9H,6-7H2,1H3,(H2,12,13)/t9-/m0/s1. The van der Waals surface area contributed by atoms with Crippen molar-refractivity contribution in [2.24, 2.45) is 10.7 Å². The smallest absolute Gasteiger partial charge is 0.297 e. The van der Waals surface area contributed by atoms with Crippen LogP contribution in [0.15, 0.2) is 34.2 Å². The molecular weight excluding hydrogens is 256 g/mol. The van der Waals surface area contributed by atoms with E-state index in [2.05, 4.69) is 4.99 Å². The summed E-state index contributed by atoms with van der Waals surface area (Å²) in [5.41, 5.74) is 6.30. The second-order valence-corrected chi connectivity index (χ2v) is 5.60. The molecule has 1 aromatic rings. The third kappa shape index (κ3) is 2.99. The first-order valence-corrected chi connectivity index (χ1v) is 6.80. The number of rotatable bonds is 4. The highest BCUT2D eigenvalue weighted by Gasteiger charge is 2.22. The molecule has 1 atom stereocenters. The minimum absolute atomic E-state index is 0.0660. The number of aliphatic imine (C=N–C) groups is 1. The third-order valence-corrected chi connectivity index (χ3v) is 3.75. The molecule has 0 bridgehead atoms. The lowest BCUT2D eigenvalue weighted by Crippen LogP contribution is -2.18. The summed E-state index contributed by atoms with van der Waals surface area (Å²) in [4.78, 5) is 4.01. The monoisotopic (exact) mass is 270 g/mol. The maximum atomic E-state index is 11.8. The van der Waals surface area contributed by atoms with Crippen LogP contribution >= 0.6 is 0 Å². The highest BCUT2D eigenvalue weighted by molar-refractivity contribution is 7.86. The van der Waals surface area contributed by atoms with E-state index in [0.717, 1.165) is 5.56 Å². The molecule has 98 valence electrons. The lowest BCUT2D eigenvalue weighted by molar-refractivity contribution is 0.245. The molecule has 0 aliphatic carbocycles. The zero-order chi connectivity index (χ0) is 13.2. The van der Waals surface area contributed by atoms with Gasteiger partial charge in [0.15, 0.2) is 0 Å². The van der Waals surface area contributed by atoms with Crippen LogP contribution in [0.3, 0.4) is 0 Å². The minimum Gasteiger partial charge on any atom is -0.463 e. The van der Waals surface area contributed by atoms with Gasteiger partial charge in [0, 0.05) is 0 Å². The average molecular weight is 270 g/mol. The van der Waals surface area contributed by atoms with E-state index < -0.39 is 10.1 Å². The van der Waals surface area contributed by atoms with Crippen LogP contribution in [0, 0.1) is 6.92 Å². The van der Waals surface area contributed by atoms with Crippen LogP contribution in [-0.4, -0.2) is 33.7 Å². The molecule has 18 heavy (non-hydrogen) atoms. The number of nitrogens with zero attached hydrogens (tertiary/aromatic N) is 1. The van der Waals surface area contributed by atoms with Gasteiger partial charge in [-0.05, 0) is 19.1 Å². The van der Waals surface area contributed by atoms with Crippen molar-refractivity contribution >= 4 is 16.1 Å². The molecule has 1 heterocycles. The lowest BCUT2D eigenvalue weighted by Gasteiger charge is -2.07. The zero-order valence-corrected chi connectivity index (χ0v) is 10.7. The van der Waals surface area contributed by atoms with Gasteiger partial charge in [0.25, 0.3) is 16.1 Å². The molecule has 0 radical (unpaired) electrons. The van der Waals surface area contributed by atoms with Gasteiger partial charge < -0.3 is 10.5 Å². The first kappa shape index (κ1) is 12.8. The van der Waals surface area contributed by atoms with Gasteiger partial charge in [-0.3, -0.25) is 4.18 Å². The van der Waals surface area contributed by atoms with Crippen molar-refractivity contribution < 1.29 is 17.3 Å². The molecule has 2 N–H and O–H groups in total. The van der Waals surface area contributed by atoms with E-state index in [1.165, 1.54) is 12.1 Å². The predicted octanol–water partition coefficient (Wildman–Crippen LogP) is 0.414. The summed E-state index contributed by atoms with van der Waals surface area (Å²) in [5.74, 6) is 0. The minimum atomic E-state index is -3.75. The summed E-state index contributed by atoms with van der Waals surface area (Å²) in [6.45, 7) is 2.05. The molecule has 6 nitrogen and oxygen atoms in total. The molecule has 2 rings (SSSR count). The van der Waals surface area contributed by atoms with Crippen molar-refractivity contribution in [1.29, 1.82) is 0 Å². The molecule has 0 saturated carbocycles. The predicted molar refractivity (Wildman–Crippen MR) is 65.7 cm³/mol. The summed E-state index contributed by atoms with van der Waals surface area (Å²) < 4.78 is 33.5. The Morgan fingerprint density at radius 1 is 1.44 bits per heavy atom. The highest BCUT2D eigenvalue weighted by atomic mass is 32.2. The van der Waals surface area contributed by atoms with Crippen molar-refractivity contribution in [2.75, 3.05) is 13.2 Å². The second kappa shape index (κ2) is 4.95. The van der Waals surface area contributed by atoms with Gasteiger partial charge >= 0.3 is 0 Å². The number of amidine groups is 1. The Morgan fingerprint density at radius 3 is 2.67 bits per heavy atom. The Kier molecular flexibility index (Phi) is 3.53. The molecule has 1 aliphatic rings. The van der Waals surface area contributed by atoms with Gasteiger partial charge in [0.05, 0.1) is 11.5 Å². The van der Waals surface area contributed by atoms with Crippen LogP contribution in [0.25, 0.3) is 0 Å². The summed E-state index contributed by atoms with van der Waals surface area (Å²) in [5, 5.41) is 0. The van der Waals surface area contributed by atoms with Crippen LogP contribution in [0.1, 0.15) is 5.56 Å². The largest absolute Gasteiger partial charge is 0.463 e. The van der Waals surface area contributed by atoms with Crippen molar-refractivity contribution in [1.82, 2.24) is 0 Å². The Morgan fingerprint density at radius 2 is 2.11 bits per heavy atom. The molecule has 0 unspecified atom stereocenters. The quantitative estimate of drug-likeness (QED) is 0.800. The average Bonchev–Trinajstić information content (AvgIpc) is 2.73. The normalized spacial score (nSPS) is 19.4. The highest BCUT2D eigenvalue weighted by Crippen LogP contribution is 2.14. The van der Waals surface area contributed by atoms with E-state index in [4.69, 9.17) is 14.7 Å². The lowest BCUT2D eigenvalue weighted by atomic mass is 10.2. The van der Waals surface area contributed by atoms with E-state index >= 15 is 0 Å². The molecule has 0 saturated heterocycles. The number of hydrogen-bond donors (Lipinski definition) is 1. The Labute approximate surface area is 106 Å². The van der Waals surface area contributed by atoms with Crippen LogP contribution in [-0.2, 0) is 19.0 Å². The maximum Gasteiger partial charge on any atom is 0.297 e. The Balaban J connectivity index is 2.01. The van der Waals surface area contributed by atoms with E-state index in [1.807, 2.05) is 6.92 Å². The summed E-state index contributed by atoms with van der Waals surface area (Å²) in [6, 6.07) is 6.14. The fourth-order valence-electron chi connectivity index (χ4n) is 1.46. The topological polar surface area (TPSA) is 91.0 Å². The number of hydrogen-bond acceptors (Lipinski definition) is 6. The van der Waals surface area contributed by atoms with Crippen LogP contribution in [0.4, 0.5) is 0 Å². The Hall–Kier alpha value is -1.60. The number of ether oxygens (including phenoxy) is 1. The van der Waals surface area contributed by atoms with Crippen molar-refractivity contribution in [2.45, 2.75) is 17.9 Å². The van der Waals surface area contributed by atoms with Crippen LogP contribution in [0.2, 0.25) is 0 Å². The molecule has 0 amide bonds. The van der Waals surface area contributed by atoms with E-state index in [0.29, 0.717) is 0 Å². The number of aryl methyl sites for hydroxylation is 1. The first-order valence-electron chi connectivity index (χ1n) is 5.39. The number of nitrogens with two attached hydrogens (primary N) is 1. The maximum absolute atomic E-state index is 11.8. The van der Waals surface area contributed by atoms with Gasteiger partial charge in [-0.25, -0.2) is 4.99 Å². The van der Waals surface area contributed by atoms with Crippen LogP contribution < -0.4 is 5.73 Å². The summed E-state index contributed by atoms with van der Waals surface area (Å²) in [7, 11) is -3.75. The van der Waals surface area contributed by atoms with Crippen LogP contribution in [0.5, 0.6) is 0 Å². The molecule has 7 heteroatoms. The van der Waals surface area contributed by atoms with E-state index in [9.17, 15) is 8.42 Å². The van der Waals surface area contributed by atoms with Crippen molar-refractivity contribution in [3.8, 4) is 0 Å². The fourth-order valence-corrected chi connectivity index (χ4v) is 2.40. The van der Waals surface area contributed by atoms with Gasteiger partial charge in [0.2, 0.25) is 0 Å². The molecule has 1 aliphatic heterocycles. The van der Waals surface area contributed by atoms with Gasteiger partial charge in [0.1, 0.15) is 12.6 Å². The molecule has 0 spiro atoms. The summed E-state index contributed by atoms with van der Waals surface area (Å²) in [6.07, 6.45) is 0. The fraction of sp³-hybridized carbons (Fsp3) is 0.364. The van der Waals surface area contributed by atoms with E-state index in [-0.39, 0.29) is 30.2 Å². The van der Waals surface area contributed by atoms with Crippen molar-refractivity contribution in [3.63, 3.8) is 0 Å². The van der Waals surface area contributed by atoms with E-state index in [1.54, 1.807) is 12.1 Å². The molecular formula is C11H14N2O4S. The van der Waals surface area contributed by atoms with Gasteiger partial charge in [-0.2, -0.15) is 8.42 Å². The second-order valence-electron chi connectivity index (χ2n) is 3.98. The Bertz CT molecular complexity index is 551. The van der Waals surface area contributed by atoms with Gasteiger partial charge in [-0.1, -0.05) is 17.7 Å². The molecule has 0 aromatic heterocycles. The van der Waals surface area contributed by atoms with Gasteiger partial charge in [-0.15, -0.1) is 0 Å². The first-order chi connectivity index (χ1) is 8.47. The molecule has 1 aromatic carbocycles.